The van der Waals surface area contributed by atoms with Gasteiger partial charge < -0.3 is 5.11 Å². The van der Waals surface area contributed by atoms with Crippen molar-refractivity contribution in [1.82, 2.24) is 4.98 Å². The van der Waals surface area contributed by atoms with Gasteiger partial charge in [0.15, 0.2) is 0 Å². The molecule has 3 saturated carbocycles. The monoisotopic (exact) mass is 371 g/mol. The molecule has 2 nitrogen and oxygen atoms in total. The molecule has 3 fully saturated rings. The van der Waals surface area contributed by atoms with Crippen molar-refractivity contribution >= 4 is 11.3 Å². The smallest absolute Gasteiger partial charge is 0.0964 e. The summed E-state index contributed by atoms with van der Waals surface area (Å²) < 4.78 is 0. The van der Waals surface area contributed by atoms with E-state index in [0.717, 1.165) is 30.6 Å². The highest BCUT2D eigenvalue weighted by Gasteiger charge is 2.59. The third-order valence-electron chi connectivity index (χ3n) is 9.01. The van der Waals surface area contributed by atoms with Crippen LogP contribution >= 0.6 is 11.3 Å². The maximum absolute atomic E-state index is 10.2. The second-order valence-electron chi connectivity index (χ2n) is 10.2. The number of nitrogens with zero attached hydrogens (tertiary/aromatic N) is 1. The number of aryl methyl sites for hydroxylation is 1. The molecule has 0 spiro atoms. The highest BCUT2D eigenvalue weighted by Crippen LogP contribution is 2.68. The van der Waals surface area contributed by atoms with Gasteiger partial charge in [-0.1, -0.05) is 25.5 Å². The van der Waals surface area contributed by atoms with Gasteiger partial charge in [-0.05, 0) is 86.9 Å². The SMILES string of the molecule is Cc1csc([C@H]2CC[C@H]3[C@@H]4CC=C5C[C@@H](O)CC[C@]5(C)[C@H]4CC[C@]23C)n1. The Kier molecular flexibility index (Phi) is 3.96. The first-order valence-electron chi connectivity index (χ1n) is 10.7. The molecule has 0 radical (unpaired) electrons. The van der Waals surface area contributed by atoms with E-state index in [9.17, 15) is 5.11 Å². The molecule has 26 heavy (non-hydrogen) atoms. The van der Waals surface area contributed by atoms with E-state index in [1.807, 2.05) is 11.3 Å². The fourth-order valence-corrected chi connectivity index (χ4v) is 8.67. The zero-order valence-electron chi connectivity index (χ0n) is 16.5. The summed E-state index contributed by atoms with van der Waals surface area (Å²) >= 11 is 1.90. The molecule has 0 saturated heterocycles. The van der Waals surface area contributed by atoms with E-state index in [2.05, 4.69) is 32.2 Å². The quantitative estimate of drug-likeness (QED) is 0.627. The Hall–Kier alpha value is -0.670. The molecule has 5 rings (SSSR count). The fraction of sp³-hybridized carbons (Fsp3) is 0.783. The summed E-state index contributed by atoms with van der Waals surface area (Å²) in [6, 6.07) is 0. The molecule has 0 aliphatic heterocycles. The van der Waals surface area contributed by atoms with Crippen LogP contribution in [0.15, 0.2) is 17.0 Å². The summed E-state index contributed by atoms with van der Waals surface area (Å²) in [4.78, 5) is 4.90. The largest absolute Gasteiger partial charge is 0.393 e. The topological polar surface area (TPSA) is 33.1 Å². The van der Waals surface area contributed by atoms with Crippen LogP contribution in [0, 0.1) is 35.5 Å². The Balaban J connectivity index is 1.46. The van der Waals surface area contributed by atoms with Crippen LogP contribution in [0.2, 0.25) is 0 Å². The van der Waals surface area contributed by atoms with Crippen LogP contribution in [0.3, 0.4) is 0 Å². The van der Waals surface area contributed by atoms with Crippen molar-refractivity contribution in [2.24, 2.45) is 28.6 Å². The lowest BCUT2D eigenvalue weighted by molar-refractivity contribution is -0.0409. The molecule has 1 heterocycles. The molecule has 0 amide bonds. The molecule has 1 aromatic heterocycles. The Morgan fingerprint density at radius 1 is 1.12 bits per heavy atom. The van der Waals surface area contributed by atoms with Crippen molar-refractivity contribution in [3.8, 4) is 0 Å². The first kappa shape index (κ1) is 17.4. The van der Waals surface area contributed by atoms with Gasteiger partial charge in [-0.3, -0.25) is 0 Å². The number of fused-ring (bicyclic) bond motifs is 5. The minimum Gasteiger partial charge on any atom is -0.393 e. The average Bonchev–Trinajstić information content (AvgIpc) is 3.18. The van der Waals surface area contributed by atoms with Crippen LogP contribution in [0.25, 0.3) is 0 Å². The van der Waals surface area contributed by atoms with Crippen molar-refractivity contribution in [1.29, 1.82) is 0 Å². The van der Waals surface area contributed by atoms with E-state index in [1.54, 1.807) is 5.57 Å². The number of thiazole rings is 1. The first-order valence-corrected chi connectivity index (χ1v) is 11.6. The Labute approximate surface area is 162 Å². The van der Waals surface area contributed by atoms with Gasteiger partial charge in [0.25, 0.3) is 0 Å². The molecule has 7 atom stereocenters. The molecule has 0 unspecified atom stereocenters. The number of hydrogen-bond acceptors (Lipinski definition) is 3. The average molecular weight is 372 g/mol. The fourth-order valence-electron chi connectivity index (χ4n) is 7.58. The normalized spacial score (nSPS) is 47.7. The zero-order valence-corrected chi connectivity index (χ0v) is 17.3. The van der Waals surface area contributed by atoms with E-state index in [4.69, 9.17) is 4.98 Å². The minimum absolute atomic E-state index is 0.0938. The molecular formula is C23H33NOS. The molecule has 0 aromatic carbocycles. The number of hydrogen-bond donors (Lipinski definition) is 1. The number of aliphatic hydroxyl groups is 1. The number of aromatic nitrogens is 1. The third kappa shape index (κ3) is 2.35. The van der Waals surface area contributed by atoms with Gasteiger partial charge >= 0.3 is 0 Å². The molecule has 4 aliphatic rings. The lowest BCUT2D eigenvalue weighted by atomic mass is 9.47. The van der Waals surface area contributed by atoms with E-state index in [-0.39, 0.29) is 6.10 Å². The predicted molar refractivity (Wildman–Crippen MR) is 107 cm³/mol. The van der Waals surface area contributed by atoms with E-state index in [1.165, 1.54) is 49.2 Å². The highest BCUT2D eigenvalue weighted by molar-refractivity contribution is 7.09. The highest BCUT2D eigenvalue weighted by atomic mass is 32.1. The van der Waals surface area contributed by atoms with E-state index >= 15 is 0 Å². The summed E-state index contributed by atoms with van der Waals surface area (Å²) in [6.07, 6.45) is 12.3. The Morgan fingerprint density at radius 2 is 1.96 bits per heavy atom. The Morgan fingerprint density at radius 3 is 2.73 bits per heavy atom. The Bertz CT molecular complexity index is 738. The van der Waals surface area contributed by atoms with Crippen molar-refractivity contribution in [2.45, 2.75) is 84.2 Å². The number of rotatable bonds is 1. The lowest BCUT2D eigenvalue weighted by Crippen LogP contribution is -2.50. The number of allylic oxidation sites excluding steroid dienone is 1. The summed E-state index contributed by atoms with van der Waals surface area (Å²) in [5.41, 5.74) is 3.59. The van der Waals surface area contributed by atoms with Crippen LogP contribution in [-0.4, -0.2) is 16.2 Å². The second-order valence-corrected chi connectivity index (χ2v) is 11.0. The summed E-state index contributed by atoms with van der Waals surface area (Å²) in [5, 5.41) is 13.8. The lowest BCUT2D eigenvalue weighted by Gasteiger charge is -2.58. The van der Waals surface area contributed by atoms with Crippen LogP contribution in [0.4, 0.5) is 0 Å². The first-order chi connectivity index (χ1) is 12.4. The van der Waals surface area contributed by atoms with E-state index in [0.29, 0.717) is 16.7 Å². The van der Waals surface area contributed by atoms with Crippen LogP contribution in [0.1, 0.15) is 81.8 Å². The van der Waals surface area contributed by atoms with Crippen molar-refractivity contribution in [3.05, 3.63) is 27.7 Å². The van der Waals surface area contributed by atoms with Gasteiger partial charge in [-0.25, -0.2) is 4.98 Å². The molecule has 3 heteroatoms. The van der Waals surface area contributed by atoms with Crippen LogP contribution in [0.5, 0.6) is 0 Å². The molecule has 1 aromatic rings. The summed E-state index contributed by atoms with van der Waals surface area (Å²) in [7, 11) is 0. The van der Waals surface area contributed by atoms with Crippen LogP contribution < -0.4 is 0 Å². The maximum Gasteiger partial charge on any atom is 0.0964 e. The van der Waals surface area contributed by atoms with Crippen molar-refractivity contribution in [2.75, 3.05) is 0 Å². The van der Waals surface area contributed by atoms with Gasteiger partial charge in [0, 0.05) is 17.0 Å². The third-order valence-corrected chi connectivity index (χ3v) is 10.1. The standard InChI is InChI=1S/C23H33NOS/c1-14-13-26-21(24-14)20-7-6-18-17-5-4-15-12-16(25)8-10-22(15,2)19(17)9-11-23(18,20)3/h4,13,16-20,25H,5-12H2,1-3H3/t16-,17-,18-,19-,20+,22-,23-/m0/s1. The van der Waals surface area contributed by atoms with Gasteiger partial charge in [0.2, 0.25) is 0 Å². The maximum atomic E-state index is 10.2. The molecule has 0 bridgehead atoms. The van der Waals surface area contributed by atoms with E-state index < -0.39 is 0 Å². The molecule has 4 aliphatic carbocycles. The van der Waals surface area contributed by atoms with Gasteiger partial charge in [-0.15, -0.1) is 11.3 Å². The minimum atomic E-state index is -0.0938. The molecule has 142 valence electrons. The van der Waals surface area contributed by atoms with Gasteiger partial charge in [0.1, 0.15) is 0 Å². The van der Waals surface area contributed by atoms with Crippen molar-refractivity contribution in [3.63, 3.8) is 0 Å². The molecule has 1 N–H and O–H groups in total. The van der Waals surface area contributed by atoms with Gasteiger partial charge in [0.05, 0.1) is 11.1 Å². The predicted octanol–water partition coefficient (Wildman–Crippen LogP) is 5.86. The van der Waals surface area contributed by atoms with Crippen LogP contribution in [-0.2, 0) is 0 Å². The zero-order chi connectivity index (χ0) is 18.1. The molecular weight excluding hydrogens is 338 g/mol. The summed E-state index contributed by atoms with van der Waals surface area (Å²) in [6.45, 7) is 7.26. The number of aliphatic hydroxyl groups excluding tert-OH is 1. The van der Waals surface area contributed by atoms with Gasteiger partial charge in [-0.2, -0.15) is 0 Å². The summed E-state index contributed by atoms with van der Waals surface area (Å²) in [5.74, 6) is 3.23. The van der Waals surface area contributed by atoms with Crippen molar-refractivity contribution < 1.29 is 5.11 Å². The second kappa shape index (κ2) is 5.91.